The summed E-state index contributed by atoms with van der Waals surface area (Å²) >= 11 is 3.64. The van der Waals surface area contributed by atoms with Gasteiger partial charge >= 0.3 is 0 Å². The summed E-state index contributed by atoms with van der Waals surface area (Å²) in [5, 5.41) is 4.71. The summed E-state index contributed by atoms with van der Waals surface area (Å²) in [6.45, 7) is 5.53. The molecule has 96 valence electrons. The third kappa shape index (κ3) is 2.20. The van der Waals surface area contributed by atoms with Gasteiger partial charge < -0.3 is 9.88 Å². The lowest BCUT2D eigenvalue weighted by Crippen LogP contribution is -2.43. The van der Waals surface area contributed by atoms with Crippen LogP contribution in [0.5, 0.6) is 0 Å². The van der Waals surface area contributed by atoms with E-state index in [4.69, 9.17) is 0 Å². The average molecular weight is 308 g/mol. The first-order chi connectivity index (χ1) is 8.75. The summed E-state index contributed by atoms with van der Waals surface area (Å²) in [4.78, 5) is 2.51. The Morgan fingerprint density at radius 1 is 1.28 bits per heavy atom. The van der Waals surface area contributed by atoms with E-state index >= 15 is 0 Å². The fourth-order valence-corrected chi connectivity index (χ4v) is 3.32. The lowest BCUT2D eigenvalue weighted by Gasteiger charge is -2.27. The molecule has 18 heavy (non-hydrogen) atoms. The molecule has 1 aromatic heterocycles. The average Bonchev–Trinajstić information content (AvgIpc) is 2.69. The first kappa shape index (κ1) is 12.2. The number of hydrogen-bond acceptors (Lipinski definition) is 2. The zero-order valence-corrected chi connectivity index (χ0v) is 12.2. The molecule has 1 aliphatic rings. The van der Waals surface area contributed by atoms with E-state index in [1.165, 1.54) is 21.1 Å². The molecule has 3 rings (SSSR count). The highest BCUT2D eigenvalue weighted by Gasteiger charge is 2.14. The maximum Gasteiger partial charge on any atom is 0.0624 e. The van der Waals surface area contributed by atoms with E-state index in [0.29, 0.717) is 0 Å². The van der Waals surface area contributed by atoms with Crippen molar-refractivity contribution in [1.29, 1.82) is 0 Å². The summed E-state index contributed by atoms with van der Waals surface area (Å²) in [5.74, 6) is 0. The Balaban J connectivity index is 1.92. The number of nitrogens with one attached hydrogen (secondary N) is 1. The number of piperazine rings is 1. The highest BCUT2D eigenvalue weighted by Crippen LogP contribution is 2.27. The molecule has 0 bridgehead atoms. The topological polar surface area (TPSA) is 20.2 Å². The molecule has 0 radical (unpaired) electrons. The molecule has 3 nitrogen and oxygen atoms in total. The molecule has 0 unspecified atom stereocenters. The van der Waals surface area contributed by atoms with Gasteiger partial charge in [-0.1, -0.05) is 12.1 Å². The molecular weight excluding hydrogens is 290 g/mol. The number of halogens is 1. The van der Waals surface area contributed by atoms with Crippen LogP contribution >= 0.6 is 15.9 Å². The van der Waals surface area contributed by atoms with Crippen LogP contribution in [-0.4, -0.2) is 35.6 Å². The maximum atomic E-state index is 3.64. The number of para-hydroxylation sites is 1. The van der Waals surface area contributed by atoms with Crippen molar-refractivity contribution in [3.05, 3.63) is 34.4 Å². The van der Waals surface area contributed by atoms with Crippen molar-refractivity contribution in [2.45, 2.75) is 6.54 Å². The summed E-state index contributed by atoms with van der Waals surface area (Å²) in [6, 6.07) is 8.70. The molecule has 4 heteroatoms. The number of benzene rings is 1. The van der Waals surface area contributed by atoms with E-state index in [1.807, 2.05) is 0 Å². The highest BCUT2D eigenvalue weighted by atomic mass is 79.9. The van der Waals surface area contributed by atoms with E-state index in [9.17, 15) is 0 Å². The van der Waals surface area contributed by atoms with Gasteiger partial charge in [-0.25, -0.2) is 0 Å². The lowest BCUT2D eigenvalue weighted by atomic mass is 10.2. The Morgan fingerprint density at radius 3 is 2.78 bits per heavy atom. The number of nitrogens with zero attached hydrogens (tertiary/aromatic N) is 2. The summed E-state index contributed by atoms with van der Waals surface area (Å²) < 4.78 is 3.48. The molecular formula is C14H18BrN3. The van der Waals surface area contributed by atoms with Crippen molar-refractivity contribution in [3.63, 3.8) is 0 Å². The van der Waals surface area contributed by atoms with Gasteiger partial charge in [-0.05, 0) is 28.1 Å². The van der Waals surface area contributed by atoms with Crippen molar-refractivity contribution < 1.29 is 0 Å². The SMILES string of the molecule is Cn1c(CN2CCNCC2)cc2cccc(Br)c21. The lowest BCUT2D eigenvalue weighted by molar-refractivity contribution is 0.229. The maximum absolute atomic E-state index is 3.64. The Bertz CT molecular complexity index is 555. The second-order valence-corrected chi connectivity index (χ2v) is 5.75. The van der Waals surface area contributed by atoms with Crippen LogP contribution in [0.1, 0.15) is 5.69 Å². The minimum atomic E-state index is 1.04. The minimum Gasteiger partial charge on any atom is -0.345 e. The number of aromatic nitrogens is 1. The van der Waals surface area contributed by atoms with Gasteiger partial charge in [0.1, 0.15) is 0 Å². The third-order valence-corrected chi connectivity index (χ3v) is 4.34. The molecule has 0 spiro atoms. The quantitative estimate of drug-likeness (QED) is 0.919. The fourth-order valence-electron chi connectivity index (χ4n) is 2.67. The van der Waals surface area contributed by atoms with Crippen LogP contribution in [0, 0.1) is 0 Å². The molecule has 2 aromatic rings. The van der Waals surface area contributed by atoms with Gasteiger partial charge in [-0.2, -0.15) is 0 Å². The number of rotatable bonds is 2. The second-order valence-electron chi connectivity index (χ2n) is 4.90. The molecule has 1 saturated heterocycles. The predicted octanol–water partition coefficient (Wildman–Crippen LogP) is 2.35. The Hall–Kier alpha value is -0.840. The molecule has 1 aliphatic heterocycles. The van der Waals surface area contributed by atoms with Gasteiger partial charge in [-0.15, -0.1) is 0 Å². The highest BCUT2D eigenvalue weighted by molar-refractivity contribution is 9.10. The van der Waals surface area contributed by atoms with Gasteiger partial charge in [0.05, 0.1) is 5.52 Å². The van der Waals surface area contributed by atoms with E-state index < -0.39 is 0 Å². The third-order valence-electron chi connectivity index (χ3n) is 3.70. The van der Waals surface area contributed by atoms with Gasteiger partial charge in [0.25, 0.3) is 0 Å². The monoisotopic (exact) mass is 307 g/mol. The van der Waals surface area contributed by atoms with Gasteiger partial charge in [0, 0.05) is 55.3 Å². The van der Waals surface area contributed by atoms with Crippen LogP contribution < -0.4 is 5.32 Å². The predicted molar refractivity (Wildman–Crippen MR) is 78.8 cm³/mol. The summed E-state index contributed by atoms with van der Waals surface area (Å²) in [5.41, 5.74) is 2.68. The van der Waals surface area contributed by atoms with E-state index in [1.54, 1.807) is 0 Å². The largest absolute Gasteiger partial charge is 0.345 e. The zero-order chi connectivity index (χ0) is 12.5. The molecule has 0 saturated carbocycles. The standard InChI is InChI=1S/C14H18BrN3/c1-17-12(10-18-7-5-16-6-8-18)9-11-3-2-4-13(15)14(11)17/h2-4,9,16H,5-8,10H2,1H3. The van der Waals surface area contributed by atoms with Crippen molar-refractivity contribution >= 4 is 26.8 Å². The second kappa shape index (κ2) is 5.03. The summed E-state index contributed by atoms with van der Waals surface area (Å²) in [7, 11) is 2.16. The first-order valence-corrected chi connectivity index (χ1v) is 7.21. The van der Waals surface area contributed by atoms with E-state index in [0.717, 1.165) is 32.7 Å². The molecule has 2 heterocycles. The minimum absolute atomic E-state index is 1.04. The van der Waals surface area contributed by atoms with Gasteiger partial charge in [0.15, 0.2) is 0 Å². The molecule has 1 N–H and O–H groups in total. The molecule has 1 fully saturated rings. The molecule has 0 aliphatic carbocycles. The Labute approximate surface area is 116 Å². The fraction of sp³-hybridized carbons (Fsp3) is 0.429. The normalized spacial score (nSPS) is 17.4. The van der Waals surface area contributed by atoms with Crippen molar-refractivity contribution in [2.75, 3.05) is 26.2 Å². The Kier molecular flexibility index (Phi) is 3.41. The zero-order valence-electron chi connectivity index (χ0n) is 10.6. The van der Waals surface area contributed by atoms with Gasteiger partial charge in [0.2, 0.25) is 0 Å². The van der Waals surface area contributed by atoms with Crippen molar-refractivity contribution in [3.8, 4) is 0 Å². The smallest absolute Gasteiger partial charge is 0.0624 e. The van der Waals surface area contributed by atoms with Crippen LogP contribution in [0.3, 0.4) is 0 Å². The van der Waals surface area contributed by atoms with Crippen LogP contribution in [0.4, 0.5) is 0 Å². The molecule has 1 aromatic carbocycles. The van der Waals surface area contributed by atoms with Crippen molar-refractivity contribution in [2.24, 2.45) is 7.05 Å². The van der Waals surface area contributed by atoms with Crippen LogP contribution in [0.15, 0.2) is 28.7 Å². The van der Waals surface area contributed by atoms with E-state index in [2.05, 4.69) is 62.0 Å². The number of aryl methyl sites for hydroxylation is 1. The van der Waals surface area contributed by atoms with Crippen LogP contribution in [-0.2, 0) is 13.6 Å². The summed E-state index contributed by atoms with van der Waals surface area (Å²) in [6.07, 6.45) is 0. The first-order valence-electron chi connectivity index (χ1n) is 6.41. The van der Waals surface area contributed by atoms with Crippen molar-refractivity contribution in [1.82, 2.24) is 14.8 Å². The molecule has 0 amide bonds. The molecule has 0 atom stereocenters. The van der Waals surface area contributed by atoms with Crippen LogP contribution in [0.25, 0.3) is 10.9 Å². The van der Waals surface area contributed by atoms with Crippen LogP contribution in [0.2, 0.25) is 0 Å². The number of fused-ring (bicyclic) bond motifs is 1. The number of hydrogen-bond donors (Lipinski definition) is 1. The Morgan fingerprint density at radius 2 is 2.06 bits per heavy atom. The van der Waals surface area contributed by atoms with Gasteiger partial charge in [-0.3, -0.25) is 4.90 Å². The van der Waals surface area contributed by atoms with E-state index in [-0.39, 0.29) is 0 Å².